The molecule has 4 heteroatoms. The molecule has 0 saturated heterocycles. The molecular formula is C15H20N4. The van der Waals surface area contributed by atoms with Crippen LogP contribution in [0, 0.1) is 13.8 Å². The van der Waals surface area contributed by atoms with Crippen molar-refractivity contribution in [3.05, 3.63) is 41.6 Å². The second-order valence-electron chi connectivity index (χ2n) is 4.57. The monoisotopic (exact) mass is 256 g/mol. The van der Waals surface area contributed by atoms with Crippen molar-refractivity contribution in [1.82, 2.24) is 9.97 Å². The average molecular weight is 256 g/mol. The van der Waals surface area contributed by atoms with E-state index in [4.69, 9.17) is 0 Å². The molecule has 2 aromatic rings. The molecule has 1 aromatic carbocycles. The fraction of sp³-hybridized carbons (Fsp3) is 0.333. The molecule has 0 aliphatic heterocycles. The lowest BCUT2D eigenvalue weighted by molar-refractivity contribution is 1.02. The molecule has 4 nitrogen and oxygen atoms in total. The molecule has 0 aliphatic rings. The molecule has 0 atom stereocenters. The first-order valence-electron chi connectivity index (χ1n) is 6.50. The van der Waals surface area contributed by atoms with Gasteiger partial charge in [-0.15, -0.1) is 0 Å². The summed E-state index contributed by atoms with van der Waals surface area (Å²) >= 11 is 0. The van der Waals surface area contributed by atoms with Gasteiger partial charge < -0.3 is 10.2 Å². The number of para-hydroxylation sites is 1. The number of nitrogens with one attached hydrogen (secondary N) is 1. The van der Waals surface area contributed by atoms with Crippen LogP contribution < -0.4 is 10.2 Å². The minimum absolute atomic E-state index is 0.679. The molecule has 0 unspecified atom stereocenters. The van der Waals surface area contributed by atoms with Gasteiger partial charge in [0.25, 0.3) is 0 Å². The summed E-state index contributed by atoms with van der Waals surface area (Å²) in [6, 6.07) is 10.3. The van der Waals surface area contributed by atoms with E-state index in [0.717, 1.165) is 23.7 Å². The van der Waals surface area contributed by atoms with Crippen LogP contribution >= 0.6 is 0 Å². The van der Waals surface area contributed by atoms with Crippen molar-refractivity contribution >= 4 is 17.5 Å². The molecule has 0 fully saturated rings. The molecule has 0 radical (unpaired) electrons. The van der Waals surface area contributed by atoms with Crippen molar-refractivity contribution in [3.63, 3.8) is 0 Å². The second-order valence-corrected chi connectivity index (χ2v) is 4.57. The Morgan fingerprint density at radius 1 is 1.16 bits per heavy atom. The molecule has 1 aromatic heterocycles. The van der Waals surface area contributed by atoms with Gasteiger partial charge in [-0.25, -0.2) is 4.98 Å². The van der Waals surface area contributed by atoms with Gasteiger partial charge in [0.15, 0.2) is 0 Å². The third kappa shape index (κ3) is 3.02. The standard InChI is InChI=1S/C15H20N4/c1-5-16-15-17-12(3)10-14(18-15)19(4)13-9-7-6-8-11(13)2/h6-10H,5H2,1-4H3,(H,16,17,18). The van der Waals surface area contributed by atoms with E-state index in [9.17, 15) is 0 Å². The Hall–Kier alpha value is -2.10. The lowest BCUT2D eigenvalue weighted by Gasteiger charge is -2.21. The molecule has 0 saturated carbocycles. The molecule has 0 amide bonds. The van der Waals surface area contributed by atoms with Crippen molar-refractivity contribution in [2.75, 3.05) is 23.8 Å². The van der Waals surface area contributed by atoms with Gasteiger partial charge in [0.05, 0.1) is 0 Å². The summed E-state index contributed by atoms with van der Waals surface area (Å²) in [7, 11) is 2.03. The lowest BCUT2D eigenvalue weighted by Crippen LogP contribution is -2.14. The van der Waals surface area contributed by atoms with Gasteiger partial charge in [-0.05, 0) is 32.4 Å². The third-order valence-electron chi connectivity index (χ3n) is 3.00. The number of aromatic nitrogens is 2. The van der Waals surface area contributed by atoms with Crippen LogP contribution in [0.15, 0.2) is 30.3 Å². The molecular weight excluding hydrogens is 236 g/mol. The van der Waals surface area contributed by atoms with Crippen molar-refractivity contribution in [3.8, 4) is 0 Å². The number of benzene rings is 1. The number of nitrogens with zero attached hydrogens (tertiary/aromatic N) is 3. The van der Waals surface area contributed by atoms with Gasteiger partial charge in [0, 0.05) is 31.0 Å². The largest absolute Gasteiger partial charge is 0.354 e. The van der Waals surface area contributed by atoms with Crippen LogP contribution in [0.5, 0.6) is 0 Å². The fourth-order valence-corrected chi connectivity index (χ4v) is 2.02. The zero-order chi connectivity index (χ0) is 13.8. The summed E-state index contributed by atoms with van der Waals surface area (Å²) in [5.74, 6) is 1.58. The van der Waals surface area contributed by atoms with Gasteiger partial charge in [-0.3, -0.25) is 0 Å². The van der Waals surface area contributed by atoms with Gasteiger partial charge in [-0.2, -0.15) is 4.98 Å². The number of rotatable bonds is 4. The number of hydrogen-bond donors (Lipinski definition) is 1. The lowest BCUT2D eigenvalue weighted by atomic mass is 10.2. The highest BCUT2D eigenvalue weighted by molar-refractivity contribution is 5.63. The Kier molecular flexibility index (Phi) is 4.00. The highest BCUT2D eigenvalue weighted by Gasteiger charge is 2.10. The Morgan fingerprint density at radius 3 is 2.58 bits per heavy atom. The van der Waals surface area contributed by atoms with Crippen LogP contribution in [0.25, 0.3) is 0 Å². The van der Waals surface area contributed by atoms with E-state index >= 15 is 0 Å². The summed E-state index contributed by atoms with van der Waals surface area (Å²) in [6.07, 6.45) is 0. The van der Waals surface area contributed by atoms with Crippen LogP contribution in [0.4, 0.5) is 17.5 Å². The van der Waals surface area contributed by atoms with Crippen LogP contribution in [0.1, 0.15) is 18.2 Å². The zero-order valence-electron chi connectivity index (χ0n) is 11.9. The van der Waals surface area contributed by atoms with E-state index in [-0.39, 0.29) is 0 Å². The fourth-order valence-electron chi connectivity index (χ4n) is 2.02. The molecule has 0 aliphatic carbocycles. The van der Waals surface area contributed by atoms with E-state index < -0.39 is 0 Å². The first-order valence-corrected chi connectivity index (χ1v) is 6.50. The van der Waals surface area contributed by atoms with E-state index in [2.05, 4.69) is 39.2 Å². The quantitative estimate of drug-likeness (QED) is 0.911. The first kappa shape index (κ1) is 13.3. The first-order chi connectivity index (χ1) is 9.11. The van der Waals surface area contributed by atoms with Crippen LogP contribution in [-0.4, -0.2) is 23.6 Å². The smallest absolute Gasteiger partial charge is 0.224 e. The highest BCUT2D eigenvalue weighted by atomic mass is 15.2. The normalized spacial score (nSPS) is 10.3. The van der Waals surface area contributed by atoms with Crippen molar-refractivity contribution in [2.45, 2.75) is 20.8 Å². The van der Waals surface area contributed by atoms with Crippen molar-refractivity contribution in [2.24, 2.45) is 0 Å². The number of aryl methyl sites for hydroxylation is 2. The number of hydrogen-bond acceptors (Lipinski definition) is 4. The number of anilines is 3. The third-order valence-corrected chi connectivity index (χ3v) is 3.00. The van der Waals surface area contributed by atoms with Crippen molar-refractivity contribution in [1.29, 1.82) is 0 Å². The molecule has 1 N–H and O–H groups in total. The summed E-state index contributed by atoms with van der Waals surface area (Å²) in [5, 5.41) is 3.16. The van der Waals surface area contributed by atoms with E-state index in [0.29, 0.717) is 5.95 Å². The second kappa shape index (κ2) is 5.69. The van der Waals surface area contributed by atoms with E-state index in [1.165, 1.54) is 5.56 Å². The highest BCUT2D eigenvalue weighted by Crippen LogP contribution is 2.25. The summed E-state index contributed by atoms with van der Waals surface area (Å²) in [4.78, 5) is 11.0. The van der Waals surface area contributed by atoms with E-state index in [1.54, 1.807) is 0 Å². The SMILES string of the molecule is CCNc1nc(C)cc(N(C)c2ccccc2C)n1. The maximum absolute atomic E-state index is 4.54. The Bertz CT molecular complexity index is 566. The molecule has 1 heterocycles. The molecule has 0 spiro atoms. The minimum Gasteiger partial charge on any atom is -0.354 e. The van der Waals surface area contributed by atoms with Crippen LogP contribution in [0.2, 0.25) is 0 Å². The van der Waals surface area contributed by atoms with Gasteiger partial charge >= 0.3 is 0 Å². The topological polar surface area (TPSA) is 41.1 Å². The summed E-state index contributed by atoms with van der Waals surface area (Å²) in [6.45, 7) is 6.94. The molecule has 100 valence electrons. The minimum atomic E-state index is 0.679. The molecule has 0 bridgehead atoms. The average Bonchev–Trinajstić information content (AvgIpc) is 2.38. The summed E-state index contributed by atoms with van der Waals surface area (Å²) < 4.78 is 0. The maximum atomic E-state index is 4.54. The summed E-state index contributed by atoms with van der Waals surface area (Å²) in [5.41, 5.74) is 3.34. The van der Waals surface area contributed by atoms with E-state index in [1.807, 2.05) is 39.1 Å². The Balaban J connectivity index is 2.38. The molecule has 19 heavy (non-hydrogen) atoms. The van der Waals surface area contributed by atoms with Crippen LogP contribution in [0.3, 0.4) is 0 Å². The Morgan fingerprint density at radius 2 is 1.89 bits per heavy atom. The Labute approximate surface area is 114 Å². The van der Waals surface area contributed by atoms with Gasteiger partial charge in [0.1, 0.15) is 5.82 Å². The van der Waals surface area contributed by atoms with Gasteiger partial charge in [-0.1, -0.05) is 18.2 Å². The predicted molar refractivity (Wildman–Crippen MR) is 80.2 cm³/mol. The van der Waals surface area contributed by atoms with Crippen LogP contribution in [-0.2, 0) is 0 Å². The van der Waals surface area contributed by atoms with Crippen molar-refractivity contribution < 1.29 is 0 Å². The maximum Gasteiger partial charge on any atom is 0.224 e. The molecule has 2 rings (SSSR count). The van der Waals surface area contributed by atoms with Gasteiger partial charge in [0.2, 0.25) is 5.95 Å². The predicted octanol–water partition coefficient (Wildman–Crippen LogP) is 3.29. The zero-order valence-corrected chi connectivity index (χ0v) is 11.9.